The van der Waals surface area contributed by atoms with Crippen LogP contribution in [0.5, 0.6) is 0 Å². The van der Waals surface area contributed by atoms with Crippen LogP contribution < -0.4 is 5.73 Å². The summed E-state index contributed by atoms with van der Waals surface area (Å²) in [6, 6.07) is 9.51. The van der Waals surface area contributed by atoms with Crippen molar-refractivity contribution in [3.63, 3.8) is 0 Å². The van der Waals surface area contributed by atoms with Gasteiger partial charge in [-0.25, -0.2) is 8.42 Å². The molecule has 1 saturated carbocycles. The van der Waals surface area contributed by atoms with Gasteiger partial charge in [-0.05, 0) is 5.56 Å². The predicted octanol–water partition coefficient (Wildman–Crippen LogP) is 1.51. The molecule has 1 aromatic rings. The van der Waals surface area contributed by atoms with E-state index in [9.17, 15) is 8.42 Å². The van der Waals surface area contributed by atoms with Gasteiger partial charge in [0.2, 0.25) is 0 Å². The first kappa shape index (κ1) is 15.4. The van der Waals surface area contributed by atoms with Crippen molar-refractivity contribution in [1.82, 2.24) is 0 Å². The SMILES string of the molecule is CCS(=O)(=O)[C@H]1[C@@H](c2ccccc2)[C@@]1(COC)C(N)=S. The molecule has 1 aliphatic carbocycles. The quantitative estimate of drug-likeness (QED) is 0.806. The van der Waals surface area contributed by atoms with Gasteiger partial charge in [-0.1, -0.05) is 49.5 Å². The third kappa shape index (κ3) is 2.25. The lowest BCUT2D eigenvalue weighted by atomic mass is 10.00. The van der Waals surface area contributed by atoms with Crippen LogP contribution in [0, 0.1) is 5.41 Å². The fourth-order valence-corrected chi connectivity index (χ4v) is 5.49. The van der Waals surface area contributed by atoms with Gasteiger partial charge in [-0.3, -0.25) is 0 Å². The van der Waals surface area contributed by atoms with Crippen molar-refractivity contribution < 1.29 is 13.2 Å². The van der Waals surface area contributed by atoms with Crippen LogP contribution in [-0.2, 0) is 14.6 Å². The van der Waals surface area contributed by atoms with Gasteiger partial charge in [-0.15, -0.1) is 0 Å². The normalized spacial score (nSPS) is 29.1. The number of ether oxygens (including phenoxy) is 1. The molecule has 0 heterocycles. The van der Waals surface area contributed by atoms with Crippen molar-refractivity contribution >= 4 is 27.0 Å². The molecule has 0 aliphatic heterocycles. The highest BCUT2D eigenvalue weighted by atomic mass is 32.2. The summed E-state index contributed by atoms with van der Waals surface area (Å²) < 4.78 is 30.0. The second kappa shape index (κ2) is 5.42. The van der Waals surface area contributed by atoms with Crippen molar-refractivity contribution in [2.45, 2.75) is 18.1 Å². The highest BCUT2D eigenvalue weighted by Gasteiger charge is 2.72. The van der Waals surface area contributed by atoms with E-state index in [1.807, 2.05) is 30.3 Å². The molecule has 3 atom stereocenters. The van der Waals surface area contributed by atoms with E-state index in [0.29, 0.717) is 0 Å². The van der Waals surface area contributed by atoms with Crippen LogP contribution in [0.15, 0.2) is 30.3 Å². The molecule has 1 fully saturated rings. The first-order valence-corrected chi connectivity index (χ1v) is 8.59. The lowest BCUT2D eigenvalue weighted by molar-refractivity contribution is 0.166. The van der Waals surface area contributed by atoms with Crippen molar-refractivity contribution in [1.29, 1.82) is 0 Å². The van der Waals surface area contributed by atoms with Crippen molar-refractivity contribution in [3.05, 3.63) is 35.9 Å². The van der Waals surface area contributed by atoms with Crippen molar-refractivity contribution in [3.8, 4) is 0 Å². The number of methoxy groups -OCH3 is 1. The van der Waals surface area contributed by atoms with E-state index in [1.54, 1.807) is 6.92 Å². The van der Waals surface area contributed by atoms with Crippen LogP contribution in [0.4, 0.5) is 0 Å². The van der Waals surface area contributed by atoms with Crippen LogP contribution >= 0.6 is 12.2 Å². The van der Waals surface area contributed by atoms with Gasteiger partial charge in [0.1, 0.15) is 0 Å². The van der Waals surface area contributed by atoms with Gasteiger partial charge >= 0.3 is 0 Å². The van der Waals surface area contributed by atoms with E-state index in [-0.39, 0.29) is 23.3 Å². The lowest BCUT2D eigenvalue weighted by Crippen LogP contribution is -2.33. The van der Waals surface area contributed by atoms with E-state index in [2.05, 4.69) is 0 Å². The Morgan fingerprint density at radius 1 is 1.40 bits per heavy atom. The van der Waals surface area contributed by atoms with Crippen LogP contribution in [-0.4, -0.2) is 38.1 Å². The van der Waals surface area contributed by atoms with Crippen LogP contribution in [0.2, 0.25) is 0 Å². The Bertz CT molecular complexity index is 600. The van der Waals surface area contributed by atoms with E-state index >= 15 is 0 Å². The molecule has 0 spiro atoms. The summed E-state index contributed by atoms with van der Waals surface area (Å²) in [5, 5.41) is -0.583. The molecule has 0 unspecified atom stereocenters. The van der Waals surface area contributed by atoms with E-state index in [4.69, 9.17) is 22.7 Å². The molecule has 1 aromatic carbocycles. The molecule has 1 aliphatic rings. The summed E-state index contributed by atoms with van der Waals surface area (Å²) in [4.78, 5) is 0.218. The predicted molar refractivity (Wildman–Crippen MR) is 83.5 cm³/mol. The minimum atomic E-state index is -3.24. The smallest absolute Gasteiger partial charge is 0.154 e. The Morgan fingerprint density at radius 3 is 2.45 bits per heavy atom. The number of benzene rings is 1. The van der Waals surface area contributed by atoms with Crippen LogP contribution in [0.3, 0.4) is 0 Å². The average Bonchev–Trinajstić information content (AvgIpc) is 3.11. The fourth-order valence-electron chi connectivity index (χ4n) is 3.02. The molecule has 0 amide bonds. The zero-order valence-corrected chi connectivity index (χ0v) is 13.2. The number of hydrogen-bond acceptors (Lipinski definition) is 4. The first-order chi connectivity index (χ1) is 9.41. The molecule has 0 bridgehead atoms. The van der Waals surface area contributed by atoms with Gasteiger partial charge < -0.3 is 10.5 Å². The van der Waals surface area contributed by atoms with Gasteiger partial charge in [-0.2, -0.15) is 0 Å². The fraction of sp³-hybridized carbons (Fsp3) is 0.500. The third-order valence-corrected chi connectivity index (χ3v) is 6.70. The molecule has 0 aromatic heterocycles. The highest BCUT2D eigenvalue weighted by Crippen LogP contribution is 2.63. The Labute approximate surface area is 125 Å². The summed E-state index contributed by atoms with van der Waals surface area (Å²) in [5.74, 6) is -0.138. The van der Waals surface area contributed by atoms with E-state index in [1.165, 1.54) is 7.11 Å². The molecule has 20 heavy (non-hydrogen) atoms. The second-order valence-electron chi connectivity index (χ2n) is 5.10. The van der Waals surface area contributed by atoms with Gasteiger partial charge in [0.15, 0.2) is 9.84 Å². The summed E-state index contributed by atoms with van der Waals surface area (Å²) in [6.07, 6.45) is 0. The zero-order chi connectivity index (χ0) is 15.0. The van der Waals surface area contributed by atoms with Gasteiger partial charge in [0.25, 0.3) is 0 Å². The molecule has 0 saturated heterocycles. The Kier molecular flexibility index (Phi) is 4.18. The zero-order valence-electron chi connectivity index (χ0n) is 11.6. The molecule has 2 rings (SSSR count). The molecule has 0 radical (unpaired) electrons. The number of hydrogen-bond donors (Lipinski definition) is 1. The minimum Gasteiger partial charge on any atom is -0.393 e. The standard InChI is InChI=1S/C14H19NO3S2/c1-3-20(16,17)12-11(10-7-5-4-6-8-10)14(12,9-18-2)13(15)19/h4-8,11-12H,3,9H2,1-2H3,(H2,15,19)/t11-,12+,14-/m1/s1. The average molecular weight is 313 g/mol. The summed E-state index contributed by atoms with van der Waals surface area (Å²) >= 11 is 5.16. The topological polar surface area (TPSA) is 69.4 Å². The number of sulfone groups is 1. The largest absolute Gasteiger partial charge is 0.393 e. The van der Waals surface area contributed by atoms with Gasteiger partial charge in [0.05, 0.1) is 22.3 Å². The maximum Gasteiger partial charge on any atom is 0.154 e. The number of rotatable bonds is 6. The Morgan fingerprint density at radius 2 is 2.00 bits per heavy atom. The molecular weight excluding hydrogens is 294 g/mol. The Balaban J connectivity index is 2.51. The van der Waals surface area contributed by atoms with E-state index in [0.717, 1.165) is 5.56 Å². The van der Waals surface area contributed by atoms with Crippen molar-refractivity contribution in [2.75, 3.05) is 19.5 Å². The van der Waals surface area contributed by atoms with Crippen LogP contribution in [0.1, 0.15) is 18.4 Å². The highest BCUT2D eigenvalue weighted by molar-refractivity contribution is 7.92. The van der Waals surface area contributed by atoms with Crippen molar-refractivity contribution in [2.24, 2.45) is 11.1 Å². The molecule has 6 heteroatoms. The third-order valence-electron chi connectivity index (χ3n) is 4.05. The maximum absolute atomic E-state index is 12.4. The summed E-state index contributed by atoms with van der Waals surface area (Å²) in [5.41, 5.74) is 6.04. The number of thiocarbonyl (C=S) groups is 1. The maximum atomic E-state index is 12.4. The molecule has 110 valence electrons. The first-order valence-electron chi connectivity index (χ1n) is 6.47. The molecule has 2 N–H and O–H groups in total. The summed E-state index contributed by atoms with van der Waals surface area (Å²) in [6.45, 7) is 1.87. The van der Waals surface area contributed by atoms with Gasteiger partial charge in [0, 0.05) is 18.8 Å². The molecular formula is C14H19NO3S2. The number of nitrogens with two attached hydrogens (primary N) is 1. The van der Waals surface area contributed by atoms with Crippen LogP contribution in [0.25, 0.3) is 0 Å². The lowest BCUT2D eigenvalue weighted by Gasteiger charge is -2.15. The Hall–Kier alpha value is -0.980. The second-order valence-corrected chi connectivity index (χ2v) is 7.95. The molecule has 4 nitrogen and oxygen atoms in total. The monoisotopic (exact) mass is 313 g/mol. The summed E-state index contributed by atoms with van der Waals surface area (Å²) in [7, 11) is -1.71. The minimum absolute atomic E-state index is 0.0785. The van der Waals surface area contributed by atoms with E-state index < -0.39 is 20.5 Å².